The van der Waals surface area contributed by atoms with Crippen molar-refractivity contribution in [3.63, 3.8) is 0 Å². The minimum atomic E-state index is 0.0164. The molecule has 3 aliphatic carbocycles. The Bertz CT molecular complexity index is 2680. The van der Waals surface area contributed by atoms with E-state index in [9.17, 15) is 0 Å². The van der Waals surface area contributed by atoms with Crippen molar-refractivity contribution in [2.75, 3.05) is 4.90 Å². The molecule has 0 saturated heterocycles. The van der Waals surface area contributed by atoms with Crippen LogP contribution in [0.4, 0.5) is 17.1 Å². The highest BCUT2D eigenvalue weighted by atomic mass is 15.2. The smallest absolute Gasteiger partial charge is 0.0543 e. The van der Waals surface area contributed by atoms with Crippen molar-refractivity contribution < 1.29 is 0 Å². The van der Waals surface area contributed by atoms with E-state index in [1.807, 2.05) is 0 Å². The second-order valence-corrected chi connectivity index (χ2v) is 16.7. The highest BCUT2D eigenvalue weighted by molar-refractivity contribution is 6.09. The van der Waals surface area contributed by atoms with Crippen molar-refractivity contribution in [1.82, 2.24) is 4.57 Å². The van der Waals surface area contributed by atoms with Gasteiger partial charge in [-0.1, -0.05) is 141 Å². The van der Waals surface area contributed by atoms with E-state index in [-0.39, 0.29) is 5.41 Å². The largest absolute Gasteiger partial charge is 0.309 e. The van der Waals surface area contributed by atoms with Crippen LogP contribution in [-0.2, 0) is 5.41 Å². The van der Waals surface area contributed by atoms with E-state index in [0.29, 0.717) is 11.8 Å². The van der Waals surface area contributed by atoms with Gasteiger partial charge in [0.25, 0.3) is 0 Å². The molecule has 0 N–H and O–H groups in total. The fourth-order valence-electron chi connectivity index (χ4n) is 11.8. The van der Waals surface area contributed by atoms with Crippen LogP contribution >= 0.6 is 0 Å². The summed E-state index contributed by atoms with van der Waals surface area (Å²) in [6.45, 7) is 5.08. The fourth-order valence-corrected chi connectivity index (χ4v) is 11.8. The van der Waals surface area contributed by atoms with E-state index in [2.05, 4.69) is 193 Å². The first-order chi connectivity index (χ1) is 27.1. The molecule has 0 amide bonds. The standard InChI is InChI=1S/C53H46N2/c1-35-30-37-32-36(2)53(39(31-35)33-37)46-24-10-6-23-45(46)52-47(53)25-15-29-51(52)55(48-26-11-7-20-42(48)38-16-4-3-5-17-38)41-19-14-18-40(34-41)54-49-27-12-8-21-43(49)44-22-9-13-28-50(44)54/h3-29,34-37,39H,30-33H2,1-2H3. The number of hydrogen-bond donors (Lipinski definition) is 0. The van der Waals surface area contributed by atoms with Gasteiger partial charge in [0, 0.05) is 38.7 Å². The molecule has 5 atom stereocenters. The van der Waals surface area contributed by atoms with Gasteiger partial charge in [-0.15, -0.1) is 0 Å². The van der Waals surface area contributed by atoms with E-state index in [1.165, 1.54) is 86.7 Å². The molecule has 5 unspecified atom stereocenters. The Morgan fingerprint density at radius 2 is 1.16 bits per heavy atom. The maximum Gasteiger partial charge on any atom is 0.0543 e. The van der Waals surface area contributed by atoms with Gasteiger partial charge in [0.15, 0.2) is 0 Å². The lowest BCUT2D eigenvalue weighted by atomic mass is 9.49. The average molecular weight is 711 g/mol. The summed E-state index contributed by atoms with van der Waals surface area (Å²) >= 11 is 0. The number of fused-ring (bicyclic) bond motifs is 11. The lowest BCUT2D eigenvalue weighted by Crippen LogP contribution is -2.49. The monoisotopic (exact) mass is 710 g/mol. The third-order valence-electron chi connectivity index (χ3n) is 13.7. The molecular weight excluding hydrogens is 665 g/mol. The minimum Gasteiger partial charge on any atom is -0.309 e. The van der Waals surface area contributed by atoms with E-state index in [1.54, 1.807) is 5.56 Å². The molecule has 7 aromatic carbocycles. The van der Waals surface area contributed by atoms with Gasteiger partial charge in [-0.3, -0.25) is 0 Å². The molecule has 1 spiro atoms. The number of para-hydroxylation sites is 3. The van der Waals surface area contributed by atoms with Gasteiger partial charge in [-0.05, 0) is 114 Å². The highest BCUT2D eigenvalue weighted by Crippen LogP contribution is 2.66. The van der Waals surface area contributed by atoms with Crippen LogP contribution < -0.4 is 4.90 Å². The minimum absolute atomic E-state index is 0.0164. The molecule has 2 bridgehead atoms. The van der Waals surface area contributed by atoms with Crippen molar-refractivity contribution >= 4 is 38.9 Å². The third-order valence-corrected chi connectivity index (χ3v) is 13.7. The number of nitrogens with zero attached hydrogens (tertiary/aromatic N) is 2. The molecule has 2 saturated carbocycles. The van der Waals surface area contributed by atoms with Crippen molar-refractivity contribution in [3.8, 4) is 27.9 Å². The summed E-state index contributed by atoms with van der Waals surface area (Å²) in [7, 11) is 0. The van der Waals surface area contributed by atoms with E-state index < -0.39 is 0 Å². The second kappa shape index (κ2) is 12.6. The molecule has 268 valence electrons. The number of rotatable bonds is 5. The Morgan fingerprint density at radius 1 is 0.527 bits per heavy atom. The van der Waals surface area contributed by atoms with Crippen molar-refractivity contribution in [2.24, 2.45) is 23.7 Å². The van der Waals surface area contributed by atoms with Crippen LogP contribution in [0.5, 0.6) is 0 Å². The van der Waals surface area contributed by atoms with Crippen LogP contribution in [0.2, 0.25) is 0 Å². The van der Waals surface area contributed by atoms with Crippen LogP contribution in [0.25, 0.3) is 49.7 Å². The second-order valence-electron chi connectivity index (χ2n) is 16.7. The van der Waals surface area contributed by atoms with E-state index in [4.69, 9.17) is 0 Å². The maximum absolute atomic E-state index is 2.58. The van der Waals surface area contributed by atoms with Crippen molar-refractivity contribution in [1.29, 1.82) is 0 Å². The molecule has 1 heterocycles. The SMILES string of the molecule is CC1CC2CC(C)C3(c4ccccc4-c4c(N(c5cccc(-n6c7ccccc7c7ccccc76)c5)c5ccccc5-c5ccccc5)cccc43)C(C1)C2. The maximum atomic E-state index is 2.58. The Kier molecular flexibility index (Phi) is 7.46. The normalized spacial score (nSPS) is 22.5. The summed E-state index contributed by atoms with van der Waals surface area (Å²) < 4.78 is 2.44. The molecule has 2 fully saturated rings. The van der Waals surface area contributed by atoms with Crippen molar-refractivity contribution in [3.05, 3.63) is 181 Å². The van der Waals surface area contributed by atoms with Gasteiger partial charge in [-0.2, -0.15) is 0 Å². The molecule has 0 aliphatic heterocycles. The molecule has 3 aliphatic rings. The van der Waals surface area contributed by atoms with Gasteiger partial charge in [0.1, 0.15) is 0 Å². The molecule has 1 aromatic heterocycles. The zero-order valence-electron chi connectivity index (χ0n) is 31.7. The number of anilines is 3. The van der Waals surface area contributed by atoms with Crippen LogP contribution in [0, 0.1) is 23.7 Å². The van der Waals surface area contributed by atoms with Gasteiger partial charge >= 0.3 is 0 Å². The van der Waals surface area contributed by atoms with Gasteiger partial charge in [-0.25, -0.2) is 0 Å². The van der Waals surface area contributed by atoms with Crippen molar-refractivity contribution in [2.45, 2.75) is 44.9 Å². The first-order valence-corrected chi connectivity index (χ1v) is 20.4. The molecular formula is C53H46N2. The molecule has 2 heteroatoms. The summed E-state index contributed by atoms with van der Waals surface area (Å²) in [4.78, 5) is 2.58. The molecule has 55 heavy (non-hydrogen) atoms. The van der Waals surface area contributed by atoms with E-state index >= 15 is 0 Å². The molecule has 2 nitrogen and oxygen atoms in total. The van der Waals surface area contributed by atoms with Crippen LogP contribution in [-0.4, -0.2) is 4.57 Å². The summed E-state index contributed by atoms with van der Waals surface area (Å²) in [5.74, 6) is 2.83. The Hall–Kier alpha value is -5.86. The van der Waals surface area contributed by atoms with Gasteiger partial charge in [0.2, 0.25) is 0 Å². The fraction of sp³-hybridized carbons (Fsp3) is 0.208. The van der Waals surface area contributed by atoms with Crippen LogP contribution in [0.15, 0.2) is 170 Å². The third kappa shape index (κ3) is 4.80. The first-order valence-electron chi connectivity index (χ1n) is 20.4. The van der Waals surface area contributed by atoms with Crippen LogP contribution in [0.3, 0.4) is 0 Å². The highest BCUT2D eigenvalue weighted by Gasteiger charge is 2.57. The zero-order chi connectivity index (χ0) is 36.7. The average Bonchev–Trinajstić information content (AvgIpc) is 3.72. The van der Waals surface area contributed by atoms with E-state index in [0.717, 1.165) is 23.2 Å². The lowest BCUT2D eigenvalue weighted by Gasteiger charge is -2.54. The Morgan fingerprint density at radius 3 is 1.96 bits per heavy atom. The molecule has 8 aromatic rings. The van der Waals surface area contributed by atoms with Crippen LogP contribution in [0.1, 0.15) is 50.7 Å². The Labute approximate surface area is 324 Å². The molecule has 0 radical (unpaired) electrons. The summed E-state index contributed by atoms with van der Waals surface area (Å²) in [5.41, 5.74) is 15.6. The predicted molar refractivity (Wildman–Crippen MR) is 231 cm³/mol. The summed E-state index contributed by atoms with van der Waals surface area (Å²) in [6.07, 6.45) is 5.34. The number of benzene rings is 7. The Balaban J connectivity index is 1.19. The summed E-state index contributed by atoms with van der Waals surface area (Å²) in [5, 5.41) is 2.55. The number of aromatic nitrogens is 1. The van der Waals surface area contributed by atoms with Gasteiger partial charge < -0.3 is 9.47 Å². The summed E-state index contributed by atoms with van der Waals surface area (Å²) in [6, 6.07) is 63.5. The predicted octanol–water partition coefficient (Wildman–Crippen LogP) is 14.3. The first kappa shape index (κ1) is 32.6. The molecule has 11 rings (SSSR count). The zero-order valence-corrected chi connectivity index (χ0v) is 31.7. The lowest BCUT2D eigenvalue weighted by molar-refractivity contribution is 0.0426. The van der Waals surface area contributed by atoms with Gasteiger partial charge in [0.05, 0.1) is 22.4 Å². The topological polar surface area (TPSA) is 8.17 Å². The number of hydrogen-bond acceptors (Lipinski definition) is 1. The quantitative estimate of drug-likeness (QED) is 0.173.